The molecule has 0 heterocycles. The van der Waals surface area contributed by atoms with Gasteiger partial charge in [0, 0.05) is 17.5 Å². The van der Waals surface area contributed by atoms with Gasteiger partial charge in [0.15, 0.2) is 11.5 Å². The minimum absolute atomic E-state index is 0.0400. The fraction of sp³-hybridized carbons (Fsp3) is 0.571. The molecule has 2 rings (SSSR count). The van der Waals surface area contributed by atoms with Crippen LogP contribution in [0.4, 0.5) is 0 Å². The summed E-state index contributed by atoms with van der Waals surface area (Å²) in [7, 11) is 3.29. The quantitative estimate of drug-likeness (QED) is 0.914. The van der Waals surface area contributed by atoms with E-state index in [4.69, 9.17) is 26.8 Å². The van der Waals surface area contributed by atoms with E-state index in [1.165, 1.54) is 6.42 Å². The molecule has 0 aliphatic heterocycles. The zero-order valence-electron chi connectivity index (χ0n) is 11.2. The average Bonchev–Trinajstić information content (AvgIpc) is 2.33. The third-order valence-electron chi connectivity index (χ3n) is 4.02. The summed E-state index contributed by atoms with van der Waals surface area (Å²) in [6.45, 7) is 2.58. The molecule has 18 heavy (non-hydrogen) atoms. The van der Waals surface area contributed by atoms with Gasteiger partial charge < -0.3 is 15.2 Å². The third-order valence-corrected chi connectivity index (χ3v) is 4.51. The smallest absolute Gasteiger partial charge is 0.166 e. The molecule has 0 saturated heterocycles. The Morgan fingerprint density at radius 1 is 1.33 bits per heavy atom. The molecule has 0 aromatic heterocycles. The molecule has 1 saturated carbocycles. The lowest BCUT2D eigenvalue weighted by Gasteiger charge is -2.43. The maximum absolute atomic E-state index is 6.49. The number of hydrogen-bond donors (Lipinski definition) is 1. The van der Waals surface area contributed by atoms with Crippen molar-refractivity contribution in [2.24, 2.45) is 5.73 Å². The number of rotatable bonds is 4. The first-order chi connectivity index (χ1) is 8.59. The molecule has 1 aromatic carbocycles. The van der Waals surface area contributed by atoms with Crippen LogP contribution < -0.4 is 15.2 Å². The number of nitrogens with two attached hydrogens (primary N) is 1. The minimum atomic E-state index is -0.0400. The van der Waals surface area contributed by atoms with E-state index in [2.05, 4.69) is 0 Å². The molecule has 1 fully saturated rings. The molecule has 0 unspecified atom stereocenters. The Bertz CT molecular complexity index is 450. The summed E-state index contributed by atoms with van der Waals surface area (Å²) in [6, 6.07) is 1.91. The number of hydrogen-bond acceptors (Lipinski definition) is 3. The molecule has 3 nitrogen and oxygen atoms in total. The maximum atomic E-state index is 6.49. The monoisotopic (exact) mass is 269 g/mol. The number of benzene rings is 1. The van der Waals surface area contributed by atoms with E-state index in [1.807, 2.05) is 13.0 Å². The molecule has 0 radical (unpaired) electrons. The Balaban J connectivity index is 2.66. The van der Waals surface area contributed by atoms with E-state index in [9.17, 15) is 0 Å². The molecular formula is C14H20ClNO2. The highest BCUT2D eigenvalue weighted by Crippen LogP contribution is 2.52. The molecule has 0 amide bonds. The van der Waals surface area contributed by atoms with Gasteiger partial charge in [-0.3, -0.25) is 0 Å². The molecule has 1 aliphatic carbocycles. The van der Waals surface area contributed by atoms with Crippen molar-refractivity contribution in [2.75, 3.05) is 20.8 Å². The van der Waals surface area contributed by atoms with Gasteiger partial charge in [-0.2, -0.15) is 0 Å². The highest BCUT2D eigenvalue weighted by Gasteiger charge is 2.42. The third kappa shape index (κ3) is 1.86. The summed E-state index contributed by atoms with van der Waals surface area (Å²) in [4.78, 5) is 0. The van der Waals surface area contributed by atoms with Crippen LogP contribution in [0.25, 0.3) is 0 Å². The van der Waals surface area contributed by atoms with Gasteiger partial charge in [-0.05, 0) is 31.4 Å². The minimum Gasteiger partial charge on any atom is -0.493 e. The van der Waals surface area contributed by atoms with E-state index in [1.54, 1.807) is 14.2 Å². The molecule has 4 heteroatoms. The van der Waals surface area contributed by atoms with Gasteiger partial charge in [0.1, 0.15) is 0 Å². The number of halogens is 1. The van der Waals surface area contributed by atoms with E-state index in [0.29, 0.717) is 6.54 Å². The first kappa shape index (κ1) is 13.5. The van der Waals surface area contributed by atoms with E-state index < -0.39 is 0 Å². The lowest BCUT2D eigenvalue weighted by atomic mass is 9.64. The SMILES string of the molecule is COc1cc(C)c(Cl)c(C2(CN)CCC2)c1OC. The largest absolute Gasteiger partial charge is 0.493 e. The lowest BCUT2D eigenvalue weighted by Crippen LogP contribution is -2.42. The maximum Gasteiger partial charge on any atom is 0.166 e. The molecule has 0 atom stereocenters. The van der Waals surface area contributed by atoms with Crippen LogP contribution in [0.1, 0.15) is 30.4 Å². The van der Waals surface area contributed by atoms with Crippen molar-refractivity contribution in [3.8, 4) is 11.5 Å². The number of ether oxygens (including phenoxy) is 2. The molecule has 0 bridgehead atoms. The molecule has 100 valence electrons. The standard InChI is InChI=1S/C14H20ClNO2/c1-9-7-10(17-2)13(18-3)11(12(9)15)14(8-16)5-4-6-14/h7H,4-6,8,16H2,1-3H3. The number of aryl methyl sites for hydroxylation is 1. The van der Waals surface area contributed by atoms with Crippen molar-refractivity contribution in [1.29, 1.82) is 0 Å². The van der Waals surface area contributed by atoms with Gasteiger partial charge >= 0.3 is 0 Å². The molecule has 2 N–H and O–H groups in total. The fourth-order valence-corrected chi connectivity index (χ4v) is 3.07. The second kappa shape index (κ2) is 4.98. The Hall–Kier alpha value is -0.930. The summed E-state index contributed by atoms with van der Waals surface area (Å²) in [5, 5.41) is 0.762. The van der Waals surface area contributed by atoms with Gasteiger partial charge in [0.05, 0.1) is 19.2 Å². The Kier molecular flexibility index (Phi) is 3.74. The van der Waals surface area contributed by atoms with Crippen LogP contribution in [0.3, 0.4) is 0 Å². The summed E-state index contributed by atoms with van der Waals surface area (Å²) in [6.07, 6.45) is 3.31. The van der Waals surface area contributed by atoms with Gasteiger partial charge in [0.25, 0.3) is 0 Å². The molecular weight excluding hydrogens is 250 g/mol. The predicted octanol–water partition coefficient (Wildman–Crippen LogP) is 3.05. The van der Waals surface area contributed by atoms with Crippen LogP contribution in [0.15, 0.2) is 6.07 Å². The molecule has 1 aliphatic rings. The van der Waals surface area contributed by atoms with Crippen LogP contribution in [0.2, 0.25) is 5.02 Å². The van der Waals surface area contributed by atoms with Crippen LogP contribution in [0.5, 0.6) is 11.5 Å². The van der Waals surface area contributed by atoms with Crippen molar-refractivity contribution in [3.05, 3.63) is 22.2 Å². The summed E-state index contributed by atoms with van der Waals surface area (Å²) < 4.78 is 10.9. The first-order valence-electron chi connectivity index (χ1n) is 6.21. The van der Waals surface area contributed by atoms with E-state index in [0.717, 1.165) is 40.5 Å². The normalized spacial score (nSPS) is 17.2. The highest BCUT2D eigenvalue weighted by atomic mass is 35.5. The van der Waals surface area contributed by atoms with Crippen molar-refractivity contribution >= 4 is 11.6 Å². The summed E-state index contributed by atoms with van der Waals surface area (Å²) in [5.74, 6) is 1.47. The van der Waals surface area contributed by atoms with E-state index >= 15 is 0 Å². The predicted molar refractivity (Wildman–Crippen MR) is 73.9 cm³/mol. The topological polar surface area (TPSA) is 44.5 Å². The zero-order valence-corrected chi connectivity index (χ0v) is 11.9. The zero-order chi connectivity index (χ0) is 13.3. The summed E-state index contributed by atoms with van der Waals surface area (Å²) in [5.41, 5.74) is 7.97. The molecule has 0 spiro atoms. The second-order valence-corrected chi connectivity index (χ2v) is 5.33. The Morgan fingerprint density at radius 3 is 2.39 bits per heavy atom. The van der Waals surface area contributed by atoms with Crippen LogP contribution in [-0.4, -0.2) is 20.8 Å². The van der Waals surface area contributed by atoms with Gasteiger partial charge in [-0.15, -0.1) is 0 Å². The van der Waals surface area contributed by atoms with Crippen LogP contribution in [-0.2, 0) is 5.41 Å². The second-order valence-electron chi connectivity index (χ2n) is 4.96. The van der Waals surface area contributed by atoms with Crippen molar-refractivity contribution < 1.29 is 9.47 Å². The van der Waals surface area contributed by atoms with Crippen molar-refractivity contribution in [3.63, 3.8) is 0 Å². The summed E-state index contributed by atoms with van der Waals surface area (Å²) >= 11 is 6.49. The Morgan fingerprint density at radius 2 is 2.00 bits per heavy atom. The van der Waals surface area contributed by atoms with Crippen molar-refractivity contribution in [2.45, 2.75) is 31.6 Å². The molecule has 1 aromatic rings. The van der Waals surface area contributed by atoms with Gasteiger partial charge in [-0.1, -0.05) is 18.0 Å². The lowest BCUT2D eigenvalue weighted by molar-refractivity contribution is 0.240. The van der Waals surface area contributed by atoms with Crippen LogP contribution >= 0.6 is 11.6 Å². The van der Waals surface area contributed by atoms with E-state index in [-0.39, 0.29) is 5.41 Å². The highest BCUT2D eigenvalue weighted by molar-refractivity contribution is 6.32. The van der Waals surface area contributed by atoms with Crippen LogP contribution in [0, 0.1) is 6.92 Å². The average molecular weight is 270 g/mol. The number of methoxy groups -OCH3 is 2. The first-order valence-corrected chi connectivity index (χ1v) is 6.59. The van der Waals surface area contributed by atoms with Crippen molar-refractivity contribution in [1.82, 2.24) is 0 Å². The van der Waals surface area contributed by atoms with Gasteiger partial charge in [-0.25, -0.2) is 0 Å². The van der Waals surface area contributed by atoms with Gasteiger partial charge in [0.2, 0.25) is 0 Å². The Labute approximate surface area is 113 Å². The fourth-order valence-electron chi connectivity index (χ4n) is 2.73.